The fourth-order valence-electron chi connectivity index (χ4n) is 2.46. The van der Waals surface area contributed by atoms with Crippen molar-refractivity contribution >= 4 is 50.8 Å². The minimum absolute atomic E-state index is 0.102. The predicted octanol–water partition coefficient (Wildman–Crippen LogP) is 4.54. The van der Waals surface area contributed by atoms with Crippen molar-refractivity contribution in [2.75, 3.05) is 18.5 Å². The molecule has 154 valence electrons. The molecule has 1 amide bonds. The van der Waals surface area contributed by atoms with Gasteiger partial charge < -0.3 is 14.8 Å². The molecule has 2 aromatic heterocycles. The SMILES string of the molecule is CCOC(=O)c1sc(-c2ccc(Br)cc2)cc1NC(=O)COC(=O)c1ccccn1. The van der Waals surface area contributed by atoms with Gasteiger partial charge in [-0.25, -0.2) is 14.6 Å². The molecule has 0 aliphatic heterocycles. The molecule has 9 heteroatoms. The van der Waals surface area contributed by atoms with Gasteiger partial charge in [0, 0.05) is 15.5 Å². The van der Waals surface area contributed by atoms with Crippen molar-refractivity contribution in [2.45, 2.75) is 6.92 Å². The molecule has 0 saturated heterocycles. The number of nitrogens with one attached hydrogen (secondary N) is 1. The molecule has 1 aromatic carbocycles. The van der Waals surface area contributed by atoms with Crippen molar-refractivity contribution in [3.05, 3.63) is 69.8 Å². The van der Waals surface area contributed by atoms with Crippen LogP contribution in [0.25, 0.3) is 10.4 Å². The molecule has 3 aromatic rings. The number of hydrogen-bond acceptors (Lipinski definition) is 7. The maximum absolute atomic E-state index is 12.3. The summed E-state index contributed by atoms with van der Waals surface area (Å²) in [7, 11) is 0. The number of halogens is 1. The Hall–Kier alpha value is -3.04. The maximum Gasteiger partial charge on any atom is 0.357 e. The summed E-state index contributed by atoms with van der Waals surface area (Å²) in [5.74, 6) is -1.83. The van der Waals surface area contributed by atoms with Gasteiger partial charge in [0.1, 0.15) is 10.6 Å². The molecule has 3 rings (SSSR count). The first-order valence-electron chi connectivity index (χ1n) is 8.93. The summed E-state index contributed by atoms with van der Waals surface area (Å²) < 4.78 is 11.0. The van der Waals surface area contributed by atoms with Crippen LogP contribution in [0.5, 0.6) is 0 Å². The summed E-state index contributed by atoms with van der Waals surface area (Å²) >= 11 is 4.59. The molecular formula is C21H17BrN2O5S. The van der Waals surface area contributed by atoms with Crippen molar-refractivity contribution in [3.8, 4) is 10.4 Å². The van der Waals surface area contributed by atoms with Crippen LogP contribution in [-0.4, -0.2) is 36.0 Å². The number of carbonyl (C=O) groups is 3. The lowest BCUT2D eigenvalue weighted by Crippen LogP contribution is -2.22. The second-order valence-electron chi connectivity index (χ2n) is 5.92. The minimum atomic E-state index is -0.711. The van der Waals surface area contributed by atoms with Gasteiger partial charge in [-0.15, -0.1) is 11.3 Å². The number of benzene rings is 1. The van der Waals surface area contributed by atoms with Crippen molar-refractivity contribution in [3.63, 3.8) is 0 Å². The second-order valence-corrected chi connectivity index (χ2v) is 7.89. The number of esters is 2. The third kappa shape index (κ3) is 5.52. The highest BCUT2D eigenvalue weighted by atomic mass is 79.9. The van der Waals surface area contributed by atoms with Crippen molar-refractivity contribution in [2.24, 2.45) is 0 Å². The lowest BCUT2D eigenvalue weighted by atomic mass is 10.2. The van der Waals surface area contributed by atoms with Crippen LogP contribution in [0.3, 0.4) is 0 Å². The zero-order chi connectivity index (χ0) is 21.5. The molecule has 0 atom stereocenters. The fraction of sp³-hybridized carbons (Fsp3) is 0.143. The molecule has 0 spiro atoms. The monoisotopic (exact) mass is 488 g/mol. The Kier molecular flexibility index (Phi) is 7.31. The topological polar surface area (TPSA) is 94.6 Å². The van der Waals surface area contributed by atoms with Crippen molar-refractivity contribution < 1.29 is 23.9 Å². The lowest BCUT2D eigenvalue weighted by Gasteiger charge is -2.07. The highest BCUT2D eigenvalue weighted by Gasteiger charge is 2.21. The van der Waals surface area contributed by atoms with E-state index >= 15 is 0 Å². The Morgan fingerprint density at radius 1 is 1.07 bits per heavy atom. The van der Waals surface area contributed by atoms with Crippen molar-refractivity contribution in [1.29, 1.82) is 0 Å². The number of hydrogen-bond donors (Lipinski definition) is 1. The van der Waals surface area contributed by atoms with Crippen LogP contribution in [0.15, 0.2) is 59.2 Å². The van der Waals surface area contributed by atoms with Gasteiger partial charge in [-0.2, -0.15) is 0 Å². The van der Waals surface area contributed by atoms with E-state index in [1.807, 2.05) is 24.3 Å². The average molecular weight is 489 g/mol. The van der Waals surface area contributed by atoms with E-state index in [-0.39, 0.29) is 17.2 Å². The van der Waals surface area contributed by atoms with E-state index in [2.05, 4.69) is 26.2 Å². The van der Waals surface area contributed by atoms with Gasteiger partial charge in [0.25, 0.3) is 5.91 Å². The fourth-order valence-corrected chi connectivity index (χ4v) is 3.74. The zero-order valence-electron chi connectivity index (χ0n) is 15.9. The van der Waals surface area contributed by atoms with E-state index in [1.54, 1.807) is 25.1 Å². The van der Waals surface area contributed by atoms with Gasteiger partial charge in [0.2, 0.25) is 0 Å². The van der Waals surface area contributed by atoms with E-state index < -0.39 is 24.5 Å². The maximum atomic E-state index is 12.3. The van der Waals surface area contributed by atoms with Gasteiger partial charge in [0.15, 0.2) is 6.61 Å². The zero-order valence-corrected chi connectivity index (χ0v) is 18.3. The predicted molar refractivity (Wildman–Crippen MR) is 117 cm³/mol. The quantitative estimate of drug-likeness (QED) is 0.490. The van der Waals surface area contributed by atoms with E-state index in [0.717, 1.165) is 14.9 Å². The number of amides is 1. The van der Waals surface area contributed by atoms with Crippen LogP contribution in [0.1, 0.15) is 27.1 Å². The van der Waals surface area contributed by atoms with E-state index in [4.69, 9.17) is 9.47 Å². The molecule has 0 radical (unpaired) electrons. The van der Waals surface area contributed by atoms with Gasteiger partial charge in [-0.3, -0.25) is 4.79 Å². The number of carbonyl (C=O) groups excluding carboxylic acids is 3. The number of ether oxygens (including phenoxy) is 2. The smallest absolute Gasteiger partial charge is 0.357 e. The van der Waals surface area contributed by atoms with Crippen LogP contribution in [0, 0.1) is 0 Å². The second kappa shape index (κ2) is 10.1. The molecule has 0 aliphatic rings. The number of nitrogens with zero attached hydrogens (tertiary/aromatic N) is 1. The molecule has 7 nitrogen and oxygen atoms in total. The summed E-state index contributed by atoms with van der Waals surface area (Å²) in [6.45, 7) is 1.40. The summed E-state index contributed by atoms with van der Waals surface area (Å²) in [5.41, 5.74) is 1.29. The summed E-state index contributed by atoms with van der Waals surface area (Å²) in [6, 6.07) is 14.0. The third-order valence-electron chi connectivity index (χ3n) is 3.80. The number of aromatic nitrogens is 1. The van der Waals surface area contributed by atoms with Gasteiger partial charge in [0.05, 0.1) is 12.3 Å². The lowest BCUT2D eigenvalue weighted by molar-refractivity contribution is -0.119. The molecular weight excluding hydrogens is 472 g/mol. The molecule has 0 aliphatic carbocycles. The first-order valence-corrected chi connectivity index (χ1v) is 10.5. The molecule has 0 bridgehead atoms. The first kappa shape index (κ1) is 21.7. The van der Waals surface area contributed by atoms with Gasteiger partial charge in [-0.1, -0.05) is 34.1 Å². The van der Waals surface area contributed by atoms with Gasteiger partial charge >= 0.3 is 11.9 Å². The molecule has 1 N–H and O–H groups in total. The third-order valence-corrected chi connectivity index (χ3v) is 5.50. The summed E-state index contributed by atoms with van der Waals surface area (Å²) in [4.78, 5) is 41.5. The Labute approximate surface area is 185 Å². The van der Waals surface area contributed by atoms with Crippen LogP contribution in [0.4, 0.5) is 5.69 Å². The minimum Gasteiger partial charge on any atom is -0.462 e. The number of rotatable bonds is 7. The standard InChI is InChI=1S/C21H17BrN2O5S/c1-2-28-21(27)19-16(11-17(30-19)13-6-8-14(22)9-7-13)24-18(25)12-29-20(26)15-5-3-4-10-23-15/h3-11H,2,12H2,1H3,(H,24,25). The number of thiophene rings is 1. The van der Waals surface area contributed by atoms with Crippen LogP contribution < -0.4 is 5.32 Å². The van der Waals surface area contributed by atoms with Gasteiger partial charge in [-0.05, 0) is 42.8 Å². The highest BCUT2D eigenvalue weighted by molar-refractivity contribution is 9.10. The Bertz CT molecular complexity index is 1050. The summed E-state index contributed by atoms with van der Waals surface area (Å²) in [5, 5.41) is 2.62. The molecule has 0 fully saturated rings. The van der Waals surface area contributed by atoms with E-state index in [1.165, 1.54) is 23.6 Å². The largest absolute Gasteiger partial charge is 0.462 e. The summed E-state index contributed by atoms with van der Waals surface area (Å²) in [6.07, 6.45) is 1.46. The molecule has 0 saturated carbocycles. The van der Waals surface area contributed by atoms with E-state index in [9.17, 15) is 14.4 Å². The van der Waals surface area contributed by atoms with Crippen LogP contribution in [-0.2, 0) is 14.3 Å². The first-order chi connectivity index (χ1) is 14.5. The molecule has 0 unspecified atom stereocenters. The highest BCUT2D eigenvalue weighted by Crippen LogP contribution is 2.36. The number of anilines is 1. The van der Waals surface area contributed by atoms with Crippen LogP contribution in [0.2, 0.25) is 0 Å². The van der Waals surface area contributed by atoms with E-state index in [0.29, 0.717) is 5.69 Å². The van der Waals surface area contributed by atoms with Crippen molar-refractivity contribution in [1.82, 2.24) is 4.98 Å². The Morgan fingerprint density at radius 2 is 1.83 bits per heavy atom. The Morgan fingerprint density at radius 3 is 2.50 bits per heavy atom. The average Bonchev–Trinajstić information content (AvgIpc) is 3.17. The normalized spacial score (nSPS) is 10.3. The number of pyridine rings is 1. The molecule has 2 heterocycles. The molecule has 30 heavy (non-hydrogen) atoms. The Balaban J connectivity index is 1.74. The van der Waals surface area contributed by atoms with Crippen LogP contribution >= 0.6 is 27.3 Å².